The number of nitrogens with zero attached hydrogens (tertiary/aromatic N) is 2. The summed E-state index contributed by atoms with van der Waals surface area (Å²) in [6.07, 6.45) is 5.61. The fourth-order valence-electron chi connectivity index (χ4n) is 4.75. The van der Waals surface area contributed by atoms with Crippen LogP contribution in [0.15, 0.2) is 42.5 Å². The number of rotatable bonds is 10. The van der Waals surface area contributed by atoms with Crippen molar-refractivity contribution in [3.63, 3.8) is 0 Å². The van der Waals surface area contributed by atoms with Gasteiger partial charge in [-0.25, -0.2) is 8.42 Å². The van der Waals surface area contributed by atoms with E-state index in [1.54, 1.807) is 17.0 Å². The smallest absolute Gasteiger partial charge is 0.244 e. The monoisotopic (exact) mass is 513 g/mol. The first kappa shape index (κ1) is 27.7. The van der Waals surface area contributed by atoms with Crippen molar-refractivity contribution in [1.82, 2.24) is 10.2 Å². The minimum absolute atomic E-state index is 0.130. The lowest BCUT2D eigenvalue weighted by atomic mass is 10.1. The van der Waals surface area contributed by atoms with Crippen LogP contribution < -0.4 is 9.62 Å². The van der Waals surface area contributed by atoms with E-state index >= 15 is 0 Å². The van der Waals surface area contributed by atoms with Crippen molar-refractivity contribution in [2.24, 2.45) is 0 Å². The molecule has 0 heterocycles. The standard InChI is InChI=1S/C28H39N3O4S/c1-6-26(28(33)29-24-13-9-10-14-24)30(18-23-12-8-7-11-21(23)3)27(32)19-31(36(5,34)35)25-16-15-20(2)22(4)17-25/h7-8,11-12,15-17,24,26H,6,9-10,13-14,18-19H2,1-5H3,(H,29,33)/t26-/m1/s1. The van der Waals surface area contributed by atoms with Crippen LogP contribution >= 0.6 is 0 Å². The molecular weight excluding hydrogens is 474 g/mol. The first-order chi connectivity index (χ1) is 17.0. The van der Waals surface area contributed by atoms with Crippen molar-refractivity contribution >= 4 is 27.5 Å². The molecule has 0 bridgehead atoms. The molecule has 2 amide bonds. The van der Waals surface area contributed by atoms with E-state index in [9.17, 15) is 18.0 Å². The summed E-state index contributed by atoms with van der Waals surface area (Å²) in [7, 11) is -3.74. The SMILES string of the molecule is CC[C@H](C(=O)NC1CCCC1)N(Cc1ccccc1C)C(=O)CN(c1ccc(C)c(C)c1)S(C)(=O)=O. The van der Waals surface area contributed by atoms with Crippen molar-refractivity contribution in [1.29, 1.82) is 0 Å². The average molecular weight is 514 g/mol. The number of sulfonamides is 1. The molecule has 0 unspecified atom stereocenters. The van der Waals surface area contributed by atoms with Gasteiger partial charge in [-0.1, -0.05) is 50.1 Å². The summed E-state index contributed by atoms with van der Waals surface area (Å²) in [4.78, 5) is 28.7. The number of carbonyl (C=O) groups is 2. The summed E-state index contributed by atoms with van der Waals surface area (Å²) in [5, 5.41) is 3.13. The molecule has 0 radical (unpaired) electrons. The number of anilines is 1. The van der Waals surface area contributed by atoms with Gasteiger partial charge in [-0.05, 0) is 74.4 Å². The predicted molar refractivity (Wildman–Crippen MR) is 144 cm³/mol. The van der Waals surface area contributed by atoms with Crippen molar-refractivity contribution in [3.05, 3.63) is 64.7 Å². The Kier molecular flexibility index (Phi) is 9.17. The van der Waals surface area contributed by atoms with Gasteiger partial charge in [0.05, 0.1) is 11.9 Å². The van der Waals surface area contributed by atoms with Crippen LogP contribution in [-0.4, -0.2) is 50.0 Å². The molecule has 0 aromatic heterocycles. The van der Waals surface area contributed by atoms with E-state index in [0.29, 0.717) is 12.1 Å². The Morgan fingerprint density at radius 1 is 1.00 bits per heavy atom. The summed E-state index contributed by atoms with van der Waals surface area (Å²) in [5.74, 6) is -0.584. The molecule has 1 saturated carbocycles. The Morgan fingerprint density at radius 3 is 2.25 bits per heavy atom. The van der Waals surface area contributed by atoms with Gasteiger partial charge < -0.3 is 10.2 Å². The Balaban J connectivity index is 1.94. The Hall–Kier alpha value is -2.87. The molecule has 36 heavy (non-hydrogen) atoms. The molecule has 7 nitrogen and oxygen atoms in total. The summed E-state index contributed by atoms with van der Waals surface area (Å²) in [6.45, 7) is 7.57. The second kappa shape index (κ2) is 11.9. The molecule has 2 aromatic carbocycles. The molecular formula is C28H39N3O4S. The zero-order valence-corrected chi connectivity index (χ0v) is 22.9. The van der Waals surface area contributed by atoms with Gasteiger partial charge in [0, 0.05) is 12.6 Å². The lowest BCUT2D eigenvalue weighted by molar-refractivity contribution is -0.140. The summed E-state index contributed by atoms with van der Waals surface area (Å²) >= 11 is 0. The molecule has 8 heteroatoms. The fraction of sp³-hybridized carbons (Fsp3) is 0.500. The van der Waals surface area contributed by atoms with Crippen molar-refractivity contribution in [2.45, 2.75) is 78.4 Å². The lowest BCUT2D eigenvalue weighted by Gasteiger charge is -2.33. The molecule has 0 spiro atoms. The van der Waals surface area contributed by atoms with Crippen LogP contribution in [0.2, 0.25) is 0 Å². The minimum Gasteiger partial charge on any atom is -0.352 e. The second-order valence-corrected chi connectivity index (χ2v) is 11.8. The normalized spacial score (nSPS) is 14.9. The Bertz CT molecular complexity index is 1190. The highest BCUT2D eigenvalue weighted by molar-refractivity contribution is 7.92. The maximum absolute atomic E-state index is 13.8. The number of carbonyl (C=O) groups excluding carboxylic acids is 2. The van der Waals surface area contributed by atoms with Gasteiger partial charge >= 0.3 is 0 Å². The molecule has 1 fully saturated rings. The van der Waals surface area contributed by atoms with Crippen LogP contribution in [-0.2, 0) is 26.2 Å². The second-order valence-electron chi connectivity index (χ2n) is 9.90. The van der Waals surface area contributed by atoms with E-state index in [0.717, 1.165) is 58.5 Å². The average Bonchev–Trinajstić information content (AvgIpc) is 3.32. The van der Waals surface area contributed by atoms with Crippen LogP contribution in [0.25, 0.3) is 0 Å². The van der Waals surface area contributed by atoms with E-state index in [2.05, 4.69) is 5.32 Å². The highest BCUT2D eigenvalue weighted by Crippen LogP contribution is 2.23. The van der Waals surface area contributed by atoms with E-state index in [1.165, 1.54) is 0 Å². The predicted octanol–water partition coefficient (Wildman–Crippen LogP) is 4.24. The molecule has 1 aliphatic rings. The zero-order valence-electron chi connectivity index (χ0n) is 22.1. The molecule has 1 N–H and O–H groups in total. The first-order valence-electron chi connectivity index (χ1n) is 12.7. The third kappa shape index (κ3) is 6.87. The molecule has 0 saturated heterocycles. The number of benzene rings is 2. The molecule has 3 rings (SSSR count). The van der Waals surface area contributed by atoms with Crippen LogP contribution in [0.3, 0.4) is 0 Å². The van der Waals surface area contributed by atoms with Gasteiger partial charge in [0.25, 0.3) is 0 Å². The third-order valence-corrected chi connectivity index (χ3v) is 8.29. The van der Waals surface area contributed by atoms with E-state index in [-0.39, 0.29) is 25.0 Å². The number of nitrogens with one attached hydrogen (secondary N) is 1. The molecule has 1 atom stereocenters. The molecule has 196 valence electrons. The van der Waals surface area contributed by atoms with Gasteiger partial charge in [0.15, 0.2) is 0 Å². The van der Waals surface area contributed by atoms with Gasteiger partial charge in [0.1, 0.15) is 12.6 Å². The number of hydrogen-bond acceptors (Lipinski definition) is 4. The Morgan fingerprint density at radius 2 is 1.67 bits per heavy atom. The summed E-state index contributed by atoms with van der Waals surface area (Å²) in [5.41, 5.74) is 4.35. The topological polar surface area (TPSA) is 86.8 Å². The first-order valence-corrected chi connectivity index (χ1v) is 14.6. The largest absolute Gasteiger partial charge is 0.352 e. The van der Waals surface area contributed by atoms with Crippen LogP contribution in [0.1, 0.15) is 61.3 Å². The van der Waals surface area contributed by atoms with Gasteiger partial charge in [-0.3, -0.25) is 13.9 Å². The summed E-state index contributed by atoms with van der Waals surface area (Å²) < 4.78 is 26.7. The van der Waals surface area contributed by atoms with E-state index < -0.39 is 22.0 Å². The van der Waals surface area contributed by atoms with Crippen molar-refractivity contribution in [2.75, 3.05) is 17.1 Å². The van der Waals surface area contributed by atoms with Gasteiger partial charge in [-0.2, -0.15) is 0 Å². The fourth-order valence-corrected chi connectivity index (χ4v) is 5.59. The zero-order chi connectivity index (χ0) is 26.5. The highest BCUT2D eigenvalue weighted by Gasteiger charge is 2.33. The summed E-state index contributed by atoms with van der Waals surface area (Å²) in [6, 6.07) is 12.5. The maximum Gasteiger partial charge on any atom is 0.244 e. The van der Waals surface area contributed by atoms with E-state index in [1.807, 2.05) is 58.0 Å². The lowest BCUT2D eigenvalue weighted by Crippen LogP contribution is -2.53. The van der Waals surface area contributed by atoms with Crippen LogP contribution in [0, 0.1) is 20.8 Å². The molecule has 0 aliphatic heterocycles. The number of amides is 2. The number of hydrogen-bond donors (Lipinski definition) is 1. The highest BCUT2D eigenvalue weighted by atomic mass is 32.2. The number of aryl methyl sites for hydroxylation is 3. The van der Waals surface area contributed by atoms with Crippen LogP contribution in [0.4, 0.5) is 5.69 Å². The van der Waals surface area contributed by atoms with Crippen LogP contribution in [0.5, 0.6) is 0 Å². The Labute approximate surface area is 215 Å². The van der Waals surface area contributed by atoms with Gasteiger partial charge in [-0.15, -0.1) is 0 Å². The third-order valence-electron chi connectivity index (χ3n) is 7.15. The molecule has 2 aromatic rings. The minimum atomic E-state index is -3.74. The van der Waals surface area contributed by atoms with Gasteiger partial charge in [0.2, 0.25) is 21.8 Å². The van der Waals surface area contributed by atoms with Crippen molar-refractivity contribution in [3.8, 4) is 0 Å². The van der Waals surface area contributed by atoms with Crippen molar-refractivity contribution < 1.29 is 18.0 Å². The quantitative estimate of drug-likeness (QED) is 0.515. The molecule has 1 aliphatic carbocycles. The maximum atomic E-state index is 13.8. The van der Waals surface area contributed by atoms with E-state index in [4.69, 9.17) is 0 Å².